The minimum absolute atomic E-state index is 0.108. The molecule has 0 bridgehead atoms. The molecule has 0 aliphatic heterocycles. The van der Waals surface area contributed by atoms with Crippen LogP contribution in [0.15, 0.2) is 12.4 Å². The molecule has 0 atom stereocenters. The third-order valence-corrected chi connectivity index (χ3v) is 1.74. The van der Waals surface area contributed by atoms with Crippen molar-refractivity contribution in [3.63, 3.8) is 0 Å². The molecule has 1 aromatic rings. The standard InChI is InChI=1S/C10H18N4/c1-10(2,3)13-6-8-5-12-7-9(11-4)14-8/h5,7,13H,6H2,1-4H3,(H,11,14). The van der Waals surface area contributed by atoms with Gasteiger partial charge in [0, 0.05) is 25.3 Å². The van der Waals surface area contributed by atoms with Crippen molar-refractivity contribution < 1.29 is 0 Å². The van der Waals surface area contributed by atoms with Gasteiger partial charge in [-0.3, -0.25) is 4.98 Å². The van der Waals surface area contributed by atoms with Crippen molar-refractivity contribution in [2.75, 3.05) is 12.4 Å². The maximum atomic E-state index is 4.36. The average molecular weight is 194 g/mol. The van der Waals surface area contributed by atoms with E-state index >= 15 is 0 Å². The summed E-state index contributed by atoms with van der Waals surface area (Å²) in [6.45, 7) is 7.12. The van der Waals surface area contributed by atoms with Crippen LogP contribution in [0, 0.1) is 0 Å². The molecule has 0 aliphatic rings. The van der Waals surface area contributed by atoms with E-state index in [2.05, 4.69) is 41.4 Å². The van der Waals surface area contributed by atoms with Gasteiger partial charge >= 0.3 is 0 Å². The summed E-state index contributed by atoms with van der Waals surface area (Å²) < 4.78 is 0. The predicted octanol–water partition coefficient (Wildman–Crippen LogP) is 1.41. The van der Waals surface area contributed by atoms with Crippen molar-refractivity contribution >= 4 is 5.82 Å². The average Bonchev–Trinajstić information content (AvgIpc) is 2.14. The topological polar surface area (TPSA) is 49.8 Å². The molecular weight excluding hydrogens is 176 g/mol. The molecule has 0 fully saturated rings. The third kappa shape index (κ3) is 3.70. The van der Waals surface area contributed by atoms with Gasteiger partial charge in [-0.15, -0.1) is 0 Å². The van der Waals surface area contributed by atoms with Gasteiger partial charge in [0.15, 0.2) is 0 Å². The van der Waals surface area contributed by atoms with Crippen LogP contribution in [-0.2, 0) is 6.54 Å². The fourth-order valence-electron chi connectivity index (χ4n) is 0.968. The van der Waals surface area contributed by atoms with Crippen LogP contribution in [0.4, 0.5) is 5.82 Å². The first kappa shape index (κ1) is 10.9. The van der Waals surface area contributed by atoms with Crippen LogP contribution in [-0.4, -0.2) is 22.6 Å². The van der Waals surface area contributed by atoms with Crippen molar-refractivity contribution in [2.24, 2.45) is 0 Å². The summed E-state index contributed by atoms with van der Waals surface area (Å²) in [6.07, 6.45) is 3.49. The van der Waals surface area contributed by atoms with Gasteiger partial charge < -0.3 is 10.6 Å². The van der Waals surface area contributed by atoms with Gasteiger partial charge in [0.05, 0.1) is 11.9 Å². The zero-order valence-electron chi connectivity index (χ0n) is 9.26. The van der Waals surface area contributed by atoms with E-state index in [1.54, 1.807) is 12.4 Å². The van der Waals surface area contributed by atoms with E-state index in [1.165, 1.54) is 0 Å². The van der Waals surface area contributed by atoms with Crippen molar-refractivity contribution in [3.8, 4) is 0 Å². The van der Waals surface area contributed by atoms with Gasteiger partial charge in [0.2, 0.25) is 0 Å². The molecule has 1 heterocycles. The maximum absolute atomic E-state index is 4.36. The molecule has 0 amide bonds. The van der Waals surface area contributed by atoms with Gasteiger partial charge in [-0.1, -0.05) is 0 Å². The molecule has 4 heteroatoms. The lowest BCUT2D eigenvalue weighted by atomic mass is 10.1. The lowest BCUT2D eigenvalue weighted by Gasteiger charge is -2.20. The van der Waals surface area contributed by atoms with E-state index < -0.39 is 0 Å². The van der Waals surface area contributed by atoms with Crippen LogP contribution in [0.5, 0.6) is 0 Å². The highest BCUT2D eigenvalue weighted by Crippen LogP contribution is 2.04. The van der Waals surface area contributed by atoms with Crippen molar-refractivity contribution in [3.05, 3.63) is 18.1 Å². The normalized spacial score (nSPS) is 11.4. The lowest BCUT2D eigenvalue weighted by molar-refractivity contribution is 0.421. The van der Waals surface area contributed by atoms with Gasteiger partial charge in [-0.2, -0.15) is 0 Å². The van der Waals surface area contributed by atoms with Crippen LogP contribution in [0.25, 0.3) is 0 Å². The van der Waals surface area contributed by atoms with E-state index in [0.29, 0.717) is 0 Å². The highest BCUT2D eigenvalue weighted by atomic mass is 15.0. The van der Waals surface area contributed by atoms with Crippen molar-refractivity contribution in [2.45, 2.75) is 32.9 Å². The largest absolute Gasteiger partial charge is 0.372 e. The van der Waals surface area contributed by atoms with Gasteiger partial charge in [-0.25, -0.2) is 4.98 Å². The molecule has 4 nitrogen and oxygen atoms in total. The molecule has 14 heavy (non-hydrogen) atoms. The van der Waals surface area contributed by atoms with Crippen LogP contribution in [0.3, 0.4) is 0 Å². The maximum Gasteiger partial charge on any atom is 0.144 e. The SMILES string of the molecule is CNc1cncc(CNC(C)(C)C)n1. The molecule has 0 radical (unpaired) electrons. The second-order valence-electron chi connectivity index (χ2n) is 4.25. The Balaban J connectivity index is 2.59. The molecular formula is C10H18N4. The van der Waals surface area contributed by atoms with Crippen LogP contribution < -0.4 is 10.6 Å². The first-order chi connectivity index (χ1) is 6.51. The number of rotatable bonds is 3. The second kappa shape index (κ2) is 4.37. The Kier molecular flexibility index (Phi) is 3.41. The molecule has 0 saturated carbocycles. The number of hydrogen-bond acceptors (Lipinski definition) is 4. The Labute approximate surface area is 85.2 Å². The van der Waals surface area contributed by atoms with Crippen LogP contribution in [0.2, 0.25) is 0 Å². The highest BCUT2D eigenvalue weighted by Gasteiger charge is 2.08. The minimum Gasteiger partial charge on any atom is -0.372 e. The Hall–Kier alpha value is -1.16. The molecule has 1 aromatic heterocycles. The first-order valence-corrected chi connectivity index (χ1v) is 4.75. The highest BCUT2D eigenvalue weighted by molar-refractivity contribution is 5.30. The summed E-state index contributed by atoms with van der Waals surface area (Å²) in [6, 6.07) is 0. The van der Waals surface area contributed by atoms with Gasteiger partial charge in [-0.05, 0) is 20.8 Å². The molecule has 0 spiro atoms. The zero-order valence-corrected chi connectivity index (χ0v) is 9.26. The molecule has 0 unspecified atom stereocenters. The minimum atomic E-state index is 0.108. The Morgan fingerprint density at radius 1 is 1.29 bits per heavy atom. The van der Waals surface area contributed by atoms with Crippen LogP contribution in [0.1, 0.15) is 26.5 Å². The third-order valence-electron chi connectivity index (χ3n) is 1.74. The van der Waals surface area contributed by atoms with E-state index in [-0.39, 0.29) is 5.54 Å². The quantitative estimate of drug-likeness (QED) is 0.763. The smallest absolute Gasteiger partial charge is 0.144 e. The number of hydrogen-bond donors (Lipinski definition) is 2. The predicted molar refractivity (Wildman–Crippen MR) is 58.2 cm³/mol. The van der Waals surface area contributed by atoms with E-state index in [0.717, 1.165) is 18.1 Å². The molecule has 0 aliphatic carbocycles. The van der Waals surface area contributed by atoms with E-state index in [1.807, 2.05) is 7.05 Å². The number of nitrogens with zero attached hydrogens (tertiary/aromatic N) is 2. The summed E-state index contributed by atoms with van der Waals surface area (Å²) in [5.74, 6) is 0.804. The Bertz CT molecular complexity index is 290. The Morgan fingerprint density at radius 3 is 2.57 bits per heavy atom. The summed E-state index contributed by atoms with van der Waals surface area (Å²) in [5.41, 5.74) is 1.06. The molecule has 78 valence electrons. The lowest BCUT2D eigenvalue weighted by Crippen LogP contribution is -2.35. The number of anilines is 1. The number of aromatic nitrogens is 2. The first-order valence-electron chi connectivity index (χ1n) is 4.75. The fourth-order valence-corrected chi connectivity index (χ4v) is 0.968. The van der Waals surface area contributed by atoms with Crippen LogP contribution >= 0.6 is 0 Å². The summed E-state index contributed by atoms with van der Waals surface area (Å²) in [5, 5.41) is 6.32. The zero-order chi connectivity index (χ0) is 10.6. The van der Waals surface area contributed by atoms with E-state index in [4.69, 9.17) is 0 Å². The molecule has 2 N–H and O–H groups in total. The van der Waals surface area contributed by atoms with Gasteiger partial charge in [0.1, 0.15) is 5.82 Å². The fraction of sp³-hybridized carbons (Fsp3) is 0.600. The Morgan fingerprint density at radius 2 is 2.00 bits per heavy atom. The van der Waals surface area contributed by atoms with E-state index in [9.17, 15) is 0 Å². The van der Waals surface area contributed by atoms with Gasteiger partial charge in [0.25, 0.3) is 0 Å². The summed E-state index contributed by atoms with van der Waals surface area (Å²) >= 11 is 0. The van der Waals surface area contributed by atoms with Crippen molar-refractivity contribution in [1.29, 1.82) is 0 Å². The molecule has 0 saturated heterocycles. The molecule has 1 rings (SSSR count). The number of nitrogens with one attached hydrogen (secondary N) is 2. The van der Waals surface area contributed by atoms with Crippen molar-refractivity contribution in [1.82, 2.24) is 15.3 Å². The second-order valence-corrected chi connectivity index (χ2v) is 4.25. The molecule has 0 aromatic carbocycles. The summed E-state index contributed by atoms with van der Waals surface area (Å²) in [4.78, 5) is 8.45. The summed E-state index contributed by atoms with van der Waals surface area (Å²) in [7, 11) is 1.84. The monoisotopic (exact) mass is 194 g/mol.